The zero-order chi connectivity index (χ0) is 23.7. The van der Waals surface area contributed by atoms with Gasteiger partial charge in [-0.1, -0.05) is 48.5 Å². The molecule has 34 heavy (non-hydrogen) atoms. The summed E-state index contributed by atoms with van der Waals surface area (Å²) < 4.78 is 2.22. The Morgan fingerprint density at radius 1 is 1.09 bits per heavy atom. The Labute approximate surface area is 207 Å². The molecule has 0 aliphatic carbocycles. The summed E-state index contributed by atoms with van der Waals surface area (Å²) in [6, 6.07) is 10.4. The van der Waals surface area contributed by atoms with Crippen LogP contribution in [0, 0.1) is 13.8 Å². The van der Waals surface area contributed by atoms with E-state index in [0.29, 0.717) is 11.2 Å². The Hall–Kier alpha value is -2.49. The number of nitrogens with zero attached hydrogens (tertiary/aromatic N) is 5. The quantitative estimate of drug-likeness (QED) is 0.361. The largest absolute Gasteiger partial charge is 0.309 e. The molecule has 9 heteroatoms. The number of fused-ring (bicyclic) bond motifs is 1. The van der Waals surface area contributed by atoms with E-state index in [1.807, 2.05) is 19.9 Å². The molecule has 4 heterocycles. The molecule has 1 fully saturated rings. The molecule has 1 aliphatic rings. The van der Waals surface area contributed by atoms with Crippen molar-refractivity contribution in [2.24, 2.45) is 0 Å². The van der Waals surface area contributed by atoms with Crippen LogP contribution in [0.5, 0.6) is 0 Å². The van der Waals surface area contributed by atoms with Gasteiger partial charge in [0.1, 0.15) is 16.5 Å². The minimum absolute atomic E-state index is 0.0640. The van der Waals surface area contributed by atoms with Gasteiger partial charge in [0.25, 0.3) is 5.56 Å². The second kappa shape index (κ2) is 10.0. The topological polar surface area (TPSA) is 79.7 Å². The smallest absolute Gasteiger partial charge is 0.259 e. The molecule has 0 amide bonds. The highest BCUT2D eigenvalue weighted by Gasteiger charge is 2.22. The number of piperidine rings is 1. The van der Waals surface area contributed by atoms with Crippen LogP contribution in [-0.2, 0) is 13.1 Å². The van der Waals surface area contributed by atoms with Gasteiger partial charge in [0.2, 0.25) is 0 Å². The molecule has 0 saturated carbocycles. The summed E-state index contributed by atoms with van der Waals surface area (Å²) in [5, 5.41) is 10.7. The Morgan fingerprint density at radius 2 is 1.85 bits per heavy atom. The number of rotatable bonds is 7. The fraction of sp³-hybridized carbons (Fsp3) is 0.440. The third-order valence-electron chi connectivity index (χ3n) is 6.52. The van der Waals surface area contributed by atoms with Gasteiger partial charge in [-0.05, 0) is 57.8 Å². The lowest BCUT2D eigenvalue weighted by Gasteiger charge is -2.26. The monoisotopic (exact) mass is 494 g/mol. The van der Waals surface area contributed by atoms with E-state index in [1.165, 1.54) is 24.8 Å². The van der Waals surface area contributed by atoms with E-state index in [0.717, 1.165) is 52.4 Å². The first-order valence-corrected chi connectivity index (χ1v) is 13.5. The van der Waals surface area contributed by atoms with E-state index in [2.05, 4.69) is 55.8 Å². The molecule has 178 valence electrons. The fourth-order valence-corrected chi connectivity index (χ4v) is 6.40. The molecule has 4 aromatic rings. The molecule has 0 spiro atoms. The first kappa shape index (κ1) is 23.3. The number of hydrogen-bond donors (Lipinski definition) is 1. The molecular weight excluding hydrogens is 464 g/mol. The lowest BCUT2D eigenvalue weighted by Crippen LogP contribution is -2.30. The Morgan fingerprint density at radius 3 is 2.62 bits per heavy atom. The van der Waals surface area contributed by atoms with Gasteiger partial charge in [-0.3, -0.25) is 9.69 Å². The van der Waals surface area contributed by atoms with Gasteiger partial charge < -0.3 is 9.55 Å². The summed E-state index contributed by atoms with van der Waals surface area (Å²) >= 11 is 3.18. The molecule has 3 aromatic heterocycles. The molecule has 7 nitrogen and oxygen atoms in total. The molecule has 1 N–H and O–H groups in total. The van der Waals surface area contributed by atoms with Gasteiger partial charge in [0.05, 0.1) is 23.7 Å². The number of thiophene rings is 1. The number of aromatic amines is 1. The number of thioether (sulfide) groups is 1. The summed E-state index contributed by atoms with van der Waals surface area (Å²) in [5.74, 6) is 1.66. The molecule has 0 radical (unpaired) electrons. The maximum absolute atomic E-state index is 12.8. The summed E-state index contributed by atoms with van der Waals surface area (Å²) in [5.41, 5.74) is 2.17. The van der Waals surface area contributed by atoms with Crippen molar-refractivity contribution in [3.63, 3.8) is 0 Å². The molecule has 1 aliphatic heterocycles. The van der Waals surface area contributed by atoms with Gasteiger partial charge in [0, 0.05) is 4.88 Å². The van der Waals surface area contributed by atoms with E-state index in [1.54, 1.807) is 23.1 Å². The molecule has 0 unspecified atom stereocenters. The highest BCUT2D eigenvalue weighted by molar-refractivity contribution is 7.99. The van der Waals surface area contributed by atoms with Crippen LogP contribution in [0.1, 0.15) is 59.1 Å². The maximum atomic E-state index is 12.8. The molecule has 1 aromatic carbocycles. The number of nitrogens with one attached hydrogen (secondary N) is 1. The average molecular weight is 495 g/mol. The predicted octanol–water partition coefficient (Wildman–Crippen LogP) is 5.08. The zero-order valence-electron chi connectivity index (χ0n) is 19.9. The van der Waals surface area contributed by atoms with Crippen LogP contribution in [-0.4, -0.2) is 42.7 Å². The van der Waals surface area contributed by atoms with Crippen molar-refractivity contribution in [3.8, 4) is 0 Å². The van der Waals surface area contributed by atoms with Crippen molar-refractivity contribution >= 4 is 33.3 Å². The van der Waals surface area contributed by atoms with Crippen LogP contribution < -0.4 is 5.56 Å². The predicted molar refractivity (Wildman–Crippen MR) is 139 cm³/mol. The minimum Gasteiger partial charge on any atom is -0.309 e. The number of likely N-dealkylation sites (tertiary alicyclic amines) is 1. The highest BCUT2D eigenvalue weighted by Crippen LogP contribution is 2.34. The van der Waals surface area contributed by atoms with Crippen molar-refractivity contribution in [3.05, 3.63) is 68.3 Å². The van der Waals surface area contributed by atoms with Crippen molar-refractivity contribution in [1.29, 1.82) is 0 Å². The summed E-state index contributed by atoms with van der Waals surface area (Å²) in [4.78, 5) is 25.0. The second-order valence-electron chi connectivity index (χ2n) is 8.98. The zero-order valence-corrected chi connectivity index (χ0v) is 21.5. The lowest BCUT2D eigenvalue weighted by atomic mass is 10.1. The summed E-state index contributed by atoms with van der Waals surface area (Å²) in [6.07, 6.45) is 3.80. The number of benzene rings is 1. The molecule has 0 bridgehead atoms. The first-order chi connectivity index (χ1) is 16.5. The van der Waals surface area contributed by atoms with Crippen LogP contribution in [0.2, 0.25) is 0 Å². The Balaban J connectivity index is 1.44. The van der Waals surface area contributed by atoms with E-state index < -0.39 is 0 Å². The van der Waals surface area contributed by atoms with Gasteiger partial charge in [-0.25, -0.2) is 4.98 Å². The lowest BCUT2D eigenvalue weighted by molar-refractivity contribution is 0.213. The van der Waals surface area contributed by atoms with Crippen molar-refractivity contribution in [2.45, 2.75) is 63.5 Å². The third kappa shape index (κ3) is 4.82. The molecular formula is C25H30N6OS2. The fourth-order valence-electron chi connectivity index (χ4n) is 4.44. The SMILES string of the molecule is Cc1sc2nc([C@H](C)Sc3nnc(CN4CCCCC4)n3Cc3ccccc3)[nH]c(=O)c2c1C. The highest BCUT2D eigenvalue weighted by atomic mass is 32.2. The van der Waals surface area contributed by atoms with Gasteiger partial charge >= 0.3 is 0 Å². The van der Waals surface area contributed by atoms with E-state index in [-0.39, 0.29) is 10.8 Å². The summed E-state index contributed by atoms with van der Waals surface area (Å²) in [6.45, 7) is 9.84. The third-order valence-corrected chi connectivity index (χ3v) is 8.71. The molecule has 1 atom stereocenters. The van der Waals surface area contributed by atoms with Crippen LogP contribution in [0.3, 0.4) is 0 Å². The van der Waals surface area contributed by atoms with Gasteiger partial charge in [-0.2, -0.15) is 0 Å². The van der Waals surface area contributed by atoms with E-state index in [4.69, 9.17) is 4.98 Å². The average Bonchev–Trinajstić information content (AvgIpc) is 3.34. The Bertz CT molecular complexity index is 1340. The van der Waals surface area contributed by atoms with Crippen molar-refractivity contribution in [1.82, 2.24) is 29.6 Å². The number of aromatic nitrogens is 5. The van der Waals surface area contributed by atoms with Crippen LogP contribution in [0.4, 0.5) is 0 Å². The normalized spacial score (nSPS) is 15.7. The Kier molecular flexibility index (Phi) is 6.85. The summed E-state index contributed by atoms with van der Waals surface area (Å²) in [7, 11) is 0. The maximum Gasteiger partial charge on any atom is 0.259 e. The number of aryl methyl sites for hydroxylation is 2. The van der Waals surface area contributed by atoms with Gasteiger partial charge in [0.15, 0.2) is 5.16 Å². The minimum atomic E-state index is -0.0682. The van der Waals surface area contributed by atoms with Gasteiger partial charge in [-0.15, -0.1) is 21.5 Å². The standard InChI is InChI=1S/C25H30N6OS2/c1-16-17(2)33-24-21(16)23(32)26-22(27-24)18(3)34-25-29-28-20(15-30-12-8-5-9-13-30)31(25)14-19-10-6-4-7-11-19/h4,6-7,10-11,18H,5,8-9,12-15H2,1-3H3,(H,26,27,32)/t18-/m0/s1. The first-order valence-electron chi connectivity index (χ1n) is 11.8. The second-order valence-corrected chi connectivity index (χ2v) is 11.5. The number of H-pyrrole nitrogens is 1. The van der Waals surface area contributed by atoms with Crippen molar-refractivity contribution in [2.75, 3.05) is 13.1 Å². The van der Waals surface area contributed by atoms with Crippen LogP contribution in [0.15, 0.2) is 40.3 Å². The van der Waals surface area contributed by atoms with Crippen LogP contribution in [0.25, 0.3) is 10.2 Å². The van der Waals surface area contributed by atoms with Crippen LogP contribution >= 0.6 is 23.1 Å². The number of hydrogen-bond acceptors (Lipinski definition) is 7. The molecule has 5 rings (SSSR count). The van der Waals surface area contributed by atoms with Crippen molar-refractivity contribution < 1.29 is 0 Å². The van der Waals surface area contributed by atoms with E-state index in [9.17, 15) is 4.79 Å². The molecule has 1 saturated heterocycles. The van der Waals surface area contributed by atoms with E-state index >= 15 is 0 Å².